The fraction of sp³-hybridized carbons (Fsp3) is 0.250. The molecule has 11 heteroatoms. The molecule has 1 aliphatic heterocycles. The lowest BCUT2D eigenvalue weighted by molar-refractivity contribution is -0.274. The highest BCUT2D eigenvalue weighted by molar-refractivity contribution is 5.95. The Morgan fingerprint density at radius 2 is 1.64 bits per heavy atom. The Morgan fingerprint density at radius 3 is 2.26 bits per heavy atom. The summed E-state index contributed by atoms with van der Waals surface area (Å²) >= 11 is 0. The molecular weight excluding hydrogens is 515 g/mol. The van der Waals surface area contributed by atoms with E-state index in [0.717, 1.165) is 23.3 Å². The maximum Gasteiger partial charge on any atom is 0.573 e. The maximum absolute atomic E-state index is 13.5. The molecule has 1 heterocycles. The summed E-state index contributed by atoms with van der Waals surface area (Å²) in [5.41, 5.74) is 2.60. The lowest BCUT2D eigenvalue weighted by Crippen LogP contribution is -2.34. The molecule has 3 aromatic carbocycles. The van der Waals surface area contributed by atoms with Crippen LogP contribution in [0.4, 0.5) is 23.7 Å². The van der Waals surface area contributed by atoms with Crippen molar-refractivity contribution in [3.8, 4) is 5.75 Å². The average Bonchev–Trinajstić information content (AvgIpc) is 3.23. The van der Waals surface area contributed by atoms with Gasteiger partial charge in [0.25, 0.3) is 5.91 Å². The van der Waals surface area contributed by atoms with E-state index in [2.05, 4.69) is 10.1 Å². The smallest absolute Gasteiger partial charge is 0.481 e. The zero-order chi connectivity index (χ0) is 28.0. The third-order valence-corrected chi connectivity index (χ3v) is 6.26. The highest BCUT2D eigenvalue weighted by atomic mass is 19.4. The van der Waals surface area contributed by atoms with Crippen molar-refractivity contribution in [2.24, 2.45) is 0 Å². The van der Waals surface area contributed by atoms with Crippen molar-refractivity contribution in [2.75, 3.05) is 24.5 Å². The van der Waals surface area contributed by atoms with Gasteiger partial charge in [-0.25, -0.2) is 4.79 Å². The van der Waals surface area contributed by atoms with Crippen LogP contribution in [0, 0.1) is 0 Å². The van der Waals surface area contributed by atoms with Crippen LogP contribution in [-0.2, 0) is 11.2 Å². The molecular formula is C28H26F3N3O5. The van der Waals surface area contributed by atoms with Gasteiger partial charge in [-0.15, -0.1) is 13.2 Å². The number of alkyl halides is 3. The Kier molecular flexibility index (Phi) is 8.38. The van der Waals surface area contributed by atoms with Crippen LogP contribution in [0.1, 0.15) is 33.9 Å². The molecule has 3 aromatic rings. The first kappa shape index (κ1) is 27.5. The van der Waals surface area contributed by atoms with Gasteiger partial charge in [-0.2, -0.15) is 0 Å². The van der Waals surface area contributed by atoms with E-state index in [0.29, 0.717) is 24.2 Å². The highest BCUT2D eigenvalue weighted by Crippen LogP contribution is 2.34. The van der Waals surface area contributed by atoms with Crippen LogP contribution < -0.4 is 15.0 Å². The number of urea groups is 1. The molecule has 1 unspecified atom stereocenters. The Morgan fingerprint density at radius 1 is 0.974 bits per heavy atom. The summed E-state index contributed by atoms with van der Waals surface area (Å²) in [5, 5.41) is 11.3. The maximum atomic E-state index is 13.5. The summed E-state index contributed by atoms with van der Waals surface area (Å²) in [5.74, 6) is -1.80. The molecule has 3 amide bonds. The third kappa shape index (κ3) is 7.28. The topological polar surface area (TPSA) is 99.2 Å². The van der Waals surface area contributed by atoms with E-state index < -0.39 is 18.2 Å². The molecule has 0 bridgehead atoms. The number of nitrogens with zero attached hydrogens (tertiary/aromatic N) is 2. The molecule has 0 aromatic heterocycles. The third-order valence-electron chi connectivity index (χ3n) is 6.26. The molecule has 8 nitrogen and oxygen atoms in total. The number of carboxylic acids is 1. The Labute approximate surface area is 222 Å². The van der Waals surface area contributed by atoms with Gasteiger partial charge in [-0.3, -0.25) is 14.5 Å². The number of nitrogens with one attached hydrogen (secondary N) is 1. The SMILES string of the molecule is O=C(O)CCNC(=O)c1ccc(C2CN(c3ccc(OC(F)(F)F)cc3)C(=O)N2CCc2ccccc2)cc1. The van der Waals surface area contributed by atoms with Crippen LogP contribution in [-0.4, -0.2) is 53.9 Å². The van der Waals surface area contributed by atoms with Crippen LogP contribution in [0.15, 0.2) is 78.9 Å². The number of carbonyl (C=O) groups excluding carboxylic acids is 2. The van der Waals surface area contributed by atoms with E-state index in [4.69, 9.17) is 5.11 Å². The number of anilines is 1. The number of rotatable bonds is 10. The number of carbonyl (C=O) groups is 3. The highest BCUT2D eigenvalue weighted by Gasteiger charge is 2.39. The molecule has 2 N–H and O–H groups in total. The summed E-state index contributed by atoms with van der Waals surface area (Å²) in [6.45, 7) is 0.649. The van der Waals surface area contributed by atoms with Crippen molar-refractivity contribution in [2.45, 2.75) is 25.2 Å². The van der Waals surface area contributed by atoms with Gasteiger partial charge in [-0.1, -0.05) is 42.5 Å². The second kappa shape index (κ2) is 11.9. The van der Waals surface area contributed by atoms with Gasteiger partial charge in [0.1, 0.15) is 5.75 Å². The van der Waals surface area contributed by atoms with Gasteiger partial charge in [0.05, 0.1) is 19.0 Å². The monoisotopic (exact) mass is 541 g/mol. The number of ether oxygens (including phenoxy) is 1. The van der Waals surface area contributed by atoms with Gasteiger partial charge >= 0.3 is 18.4 Å². The second-order valence-electron chi connectivity index (χ2n) is 8.90. The lowest BCUT2D eigenvalue weighted by Gasteiger charge is -2.24. The normalized spacial score (nSPS) is 15.4. The molecule has 4 rings (SSSR count). The molecule has 39 heavy (non-hydrogen) atoms. The molecule has 0 spiro atoms. The first-order chi connectivity index (χ1) is 18.6. The van der Waals surface area contributed by atoms with Crippen molar-refractivity contribution in [3.05, 3.63) is 95.6 Å². The van der Waals surface area contributed by atoms with E-state index in [1.807, 2.05) is 30.3 Å². The van der Waals surface area contributed by atoms with E-state index in [9.17, 15) is 27.6 Å². The van der Waals surface area contributed by atoms with Crippen molar-refractivity contribution in [3.63, 3.8) is 0 Å². The van der Waals surface area contributed by atoms with E-state index in [1.54, 1.807) is 29.2 Å². The van der Waals surface area contributed by atoms with Crippen molar-refractivity contribution < 1.29 is 37.4 Å². The number of halogens is 3. The number of carboxylic acid groups (broad SMARTS) is 1. The standard InChI is InChI=1S/C28H26F3N3O5/c29-28(30,31)39-23-12-10-22(11-13-23)34-18-24(33(27(34)38)17-15-19-4-2-1-3-5-19)20-6-8-21(9-7-20)26(37)32-16-14-25(35)36/h1-13,24H,14-18H2,(H,32,37)(H,35,36). The van der Waals surface area contributed by atoms with Crippen molar-refractivity contribution >= 4 is 23.6 Å². The minimum atomic E-state index is -4.82. The van der Waals surface area contributed by atoms with Gasteiger partial charge in [0, 0.05) is 24.3 Å². The molecule has 0 aliphatic carbocycles. The van der Waals surface area contributed by atoms with Gasteiger partial charge in [-0.05, 0) is 53.9 Å². The summed E-state index contributed by atoms with van der Waals surface area (Å²) in [6, 6.07) is 20.8. The van der Waals surface area contributed by atoms with Crippen LogP contribution in [0.5, 0.6) is 5.75 Å². The fourth-order valence-corrected chi connectivity index (χ4v) is 4.35. The number of benzene rings is 3. The summed E-state index contributed by atoms with van der Waals surface area (Å²) in [6.07, 6.45) is -4.41. The zero-order valence-corrected chi connectivity index (χ0v) is 20.7. The number of aliphatic carboxylic acids is 1. The molecule has 0 saturated carbocycles. The summed E-state index contributed by atoms with van der Waals surface area (Å²) < 4.78 is 41.6. The lowest BCUT2D eigenvalue weighted by atomic mass is 10.0. The van der Waals surface area contributed by atoms with Crippen LogP contribution in [0.3, 0.4) is 0 Å². The van der Waals surface area contributed by atoms with E-state index in [-0.39, 0.29) is 37.3 Å². The summed E-state index contributed by atoms with van der Waals surface area (Å²) in [4.78, 5) is 39.7. The minimum Gasteiger partial charge on any atom is -0.481 e. The molecule has 1 saturated heterocycles. The van der Waals surface area contributed by atoms with Gasteiger partial charge in [0.2, 0.25) is 0 Å². The molecule has 1 fully saturated rings. The van der Waals surface area contributed by atoms with Crippen LogP contribution >= 0.6 is 0 Å². The largest absolute Gasteiger partial charge is 0.573 e. The first-order valence-corrected chi connectivity index (χ1v) is 12.2. The molecule has 1 atom stereocenters. The predicted octanol–water partition coefficient (Wildman–Crippen LogP) is 5.02. The average molecular weight is 542 g/mol. The van der Waals surface area contributed by atoms with Crippen molar-refractivity contribution in [1.29, 1.82) is 0 Å². The van der Waals surface area contributed by atoms with Gasteiger partial charge in [0.15, 0.2) is 0 Å². The fourth-order valence-electron chi connectivity index (χ4n) is 4.35. The second-order valence-corrected chi connectivity index (χ2v) is 8.90. The first-order valence-electron chi connectivity index (χ1n) is 12.2. The molecule has 1 aliphatic rings. The van der Waals surface area contributed by atoms with E-state index in [1.165, 1.54) is 17.0 Å². The van der Waals surface area contributed by atoms with Gasteiger partial charge < -0.3 is 20.1 Å². The zero-order valence-electron chi connectivity index (χ0n) is 20.7. The van der Waals surface area contributed by atoms with E-state index >= 15 is 0 Å². The van der Waals surface area contributed by atoms with Crippen LogP contribution in [0.25, 0.3) is 0 Å². The minimum absolute atomic E-state index is 0.00205. The number of amides is 3. The predicted molar refractivity (Wildman–Crippen MR) is 136 cm³/mol. The summed E-state index contributed by atoms with van der Waals surface area (Å²) in [7, 11) is 0. The molecule has 204 valence electrons. The molecule has 0 radical (unpaired) electrons. The number of hydrogen-bond acceptors (Lipinski definition) is 4. The van der Waals surface area contributed by atoms with Crippen molar-refractivity contribution in [1.82, 2.24) is 10.2 Å². The Bertz CT molecular complexity index is 1300. The Balaban J connectivity index is 1.53. The Hall–Kier alpha value is -4.54. The van der Waals surface area contributed by atoms with Crippen LogP contribution in [0.2, 0.25) is 0 Å². The number of hydrogen-bond donors (Lipinski definition) is 2. The quantitative estimate of drug-likeness (QED) is 0.376.